The molecule has 0 aliphatic heterocycles. The van der Waals surface area contributed by atoms with Gasteiger partial charge in [0.2, 0.25) is 0 Å². The Balaban J connectivity index is 1.43. The van der Waals surface area contributed by atoms with Crippen LogP contribution in [0.1, 0.15) is 99.3 Å². The molecule has 0 aromatic carbocycles. The SMILES string of the molecule is C/C=C(\C/C=C\[C@H](C)C(C)C)C(=O)OC1CCC2C3CCC4=CC(=O)CCC4(C)C3CCC12C. The number of rotatable bonds is 6. The number of ether oxygens (including phenoxy) is 1. The minimum Gasteiger partial charge on any atom is -0.458 e. The molecule has 0 radical (unpaired) electrons. The zero-order valence-electron chi connectivity index (χ0n) is 22.4. The van der Waals surface area contributed by atoms with Gasteiger partial charge in [0.1, 0.15) is 6.10 Å². The van der Waals surface area contributed by atoms with Crippen molar-refractivity contribution in [3.63, 3.8) is 0 Å². The van der Waals surface area contributed by atoms with Crippen LogP contribution in [-0.2, 0) is 14.3 Å². The van der Waals surface area contributed by atoms with Crippen molar-refractivity contribution in [1.29, 1.82) is 0 Å². The minimum atomic E-state index is -0.120. The predicted octanol–water partition coefficient (Wildman–Crippen LogP) is 7.61. The molecule has 0 bridgehead atoms. The van der Waals surface area contributed by atoms with E-state index in [-0.39, 0.29) is 22.9 Å². The van der Waals surface area contributed by atoms with E-state index in [4.69, 9.17) is 4.74 Å². The summed E-state index contributed by atoms with van der Waals surface area (Å²) in [5, 5.41) is 0. The Labute approximate surface area is 207 Å². The van der Waals surface area contributed by atoms with Crippen molar-refractivity contribution < 1.29 is 14.3 Å². The third-order valence-corrected chi connectivity index (χ3v) is 10.6. The Morgan fingerprint density at radius 1 is 1.09 bits per heavy atom. The molecule has 34 heavy (non-hydrogen) atoms. The zero-order chi connectivity index (χ0) is 24.7. The van der Waals surface area contributed by atoms with E-state index >= 15 is 0 Å². The number of ketones is 1. The fourth-order valence-corrected chi connectivity index (χ4v) is 7.86. The summed E-state index contributed by atoms with van der Waals surface area (Å²) in [7, 11) is 0. The van der Waals surface area contributed by atoms with Gasteiger partial charge in [-0.25, -0.2) is 4.79 Å². The van der Waals surface area contributed by atoms with Gasteiger partial charge in [0.05, 0.1) is 0 Å². The molecule has 6 unspecified atom stereocenters. The third-order valence-electron chi connectivity index (χ3n) is 10.6. The van der Waals surface area contributed by atoms with Gasteiger partial charge in [-0.2, -0.15) is 0 Å². The highest BCUT2D eigenvalue weighted by Gasteiger charge is 2.60. The second-order valence-electron chi connectivity index (χ2n) is 12.5. The Morgan fingerprint density at radius 3 is 2.56 bits per heavy atom. The van der Waals surface area contributed by atoms with Gasteiger partial charge in [-0.05, 0) is 99.4 Å². The molecule has 0 aromatic heterocycles. The molecule has 4 aliphatic rings. The van der Waals surface area contributed by atoms with E-state index in [2.05, 4.69) is 46.8 Å². The maximum Gasteiger partial charge on any atom is 0.334 e. The van der Waals surface area contributed by atoms with Crippen LogP contribution in [-0.4, -0.2) is 17.9 Å². The second kappa shape index (κ2) is 9.78. The van der Waals surface area contributed by atoms with Gasteiger partial charge in [-0.15, -0.1) is 0 Å². The summed E-state index contributed by atoms with van der Waals surface area (Å²) in [6.07, 6.45) is 17.4. The average Bonchev–Trinajstić information content (AvgIpc) is 3.13. The van der Waals surface area contributed by atoms with Crippen LogP contribution >= 0.6 is 0 Å². The molecule has 4 rings (SSSR count). The van der Waals surface area contributed by atoms with Crippen molar-refractivity contribution >= 4 is 11.8 Å². The van der Waals surface area contributed by atoms with Gasteiger partial charge in [-0.3, -0.25) is 4.79 Å². The standard InChI is InChI=1S/C31H46O3/c1-7-22(10-8-9-21(4)20(2)3)29(33)34-28-14-13-26-25-12-11-23-19-24(32)15-17-30(23,5)27(25)16-18-31(26,28)6/h7-9,19-21,25-28H,10-18H2,1-6H3/b9-8-,22-7+/t21-,25?,26?,27?,28?,30?,31?/m0/s1. The normalized spacial score (nSPS) is 38.9. The monoisotopic (exact) mass is 466 g/mol. The van der Waals surface area contributed by atoms with Gasteiger partial charge in [0, 0.05) is 17.4 Å². The van der Waals surface area contributed by atoms with E-state index in [9.17, 15) is 9.59 Å². The van der Waals surface area contributed by atoms with Crippen molar-refractivity contribution in [3.05, 3.63) is 35.5 Å². The summed E-state index contributed by atoms with van der Waals surface area (Å²) in [6.45, 7) is 13.5. The minimum absolute atomic E-state index is 0.0251. The highest BCUT2D eigenvalue weighted by molar-refractivity contribution is 5.91. The van der Waals surface area contributed by atoms with Crippen LogP contribution in [0, 0.1) is 40.4 Å². The van der Waals surface area contributed by atoms with Gasteiger partial charge >= 0.3 is 5.97 Å². The first-order valence-electron chi connectivity index (χ1n) is 13.9. The predicted molar refractivity (Wildman–Crippen MR) is 138 cm³/mol. The molecule has 3 saturated carbocycles. The van der Waals surface area contributed by atoms with E-state index in [0.717, 1.165) is 31.3 Å². The molecule has 0 aromatic rings. The van der Waals surface area contributed by atoms with Crippen LogP contribution in [0.2, 0.25) is 0 Å². The van der Waals surface area contributed by atoms with Crippen LogP contribution in [0.3, 0.4) is 0 Å². The Bertz CT molecular complexity index is 892. The molecule has 7 atom stereocenters. The van der Waals surface area contributed by atoms with Crippen LogP contribution < -0.4 is 0 Å². The average molecular weight is 467 g/mol. The van der Waals surface area contributed by atoms with E-state index < -0.39 is 0 Å². The van der Waals surface area contributed by atoms with Crippen molar-refractivity contribution in [1.82, 2.24) is 0 Å². The molecule has 4 aliphatic carbocycles. The second-order valence-corrected chi connectivity index (χ2v) is 12.5. The summed E-state index contributed by atoms with van der Waals surface area (Å²) >= 11 is 0. The highest BCUT2D eigenvalue weighted by Crippen LogP contribution is 2.65. The lowest BCUT2D eigenvalue weighted by Crippen LogP contribution is -2.51. The molecule has 0 saturated heterocycles. The van der Waals surface area contributed by atoms with Crippen molar-refractivity contribution in [3.8, 4) is 0 Å². The van der Waals surface area contributed by atoms with Crippen molar-refractivity contribution in [2.45, 2.75) is 105 Å². The number of carbonyl (C=O) groups excluding carboxylic acids is 2. The quantitative estimate of drug-likeness (QED) is 0.230. The number of allylic oxidation sites excluding steroid dienone is 4. The molecule has 0 heterocycles. The Hall–Kier alpha value is -1.64. The first-order valence-corrected chi connectivity index (χ1v) is 13.9. The van der Waals surface area contributed by atoms with Gasteiger partial charge in [-0.1, -0.05) is 58.4 Å². The van der Waals surface area contributed by atoms with Crippen LogP contribution in [0.5, 0.6) is 0 Å². The molecular weight excluding hydrogens is 420 g/mol. The largest absolute Gasteiger partial charge is 0.458 e. The number of esters is 1. The lowest BCUT2D eigenvalue weighted by atomic mass is 9.47. The Morgan fingerprint density at radius 2 is 1.85 bits per heavy atom. The number of hydrogen-bond donors (Lipinski definition) is 0. The number of carbonyl (C=O) groups is 2. The van der Waals surface area contributed by atoms with E-state index in [0.29, 0.717) is 48.2 Å². The molecule has 3 nitrogen and oxygen atoms in total. The smallest absolute Gasteiger partial charge is 0.334 e. The summed E-state index contributed by atoms with van der Waals surface area (Å²) in [5.74, 6) is 3.31. The maximum absolute atomic E-state index is 13.1. The highest BCUT2D eigenvalue weighted by atomic mass is 16.5. The van der Waals surface area contributed by atoms with Crippen LogP contribution in [0.4, 0.5) is 0 Å². The van der Waals surface area contributed by atoms with E-state index in [1.807, 2.05) is 19.1 Å². The first-order chi connectivity index (χ1) is 16.1. The number of hydrogen-bond acceptors (Lipinski definition) is 3. The topological polar surface area (TPSA) is 43.4 Å². The third kappa shape index (κ3) is 4.49. The van der Waals surface area contributed by atoms with Gasteiger partial charge in [0.25, 0.3) is 0 Å². The summed E-state index contributed by atoms with van der Waals surface area (Å²) in [5.41, 5.74) is 2.48. The molecule has 0 amide bonds. The van der Waals surface area contributed by atoms with Crippen LogP contribution in [0.15, 0.2) is 35.5 Å². The van der Waals surface area contributed by atoms with Gasteiger partial charge in [0.15, 0.2) is 5.78 Å². The summed E-state index contributed by atoms with van der Waals surface area (Å²) in [6, 6.07) is 0. The maximum atomic E-state index is 13.1. The number of fused-ring (bicyclic) bond motifs is 5. The molecule has 3 heteroatoms. The molecule has 3 fully saturated rings. The van der Waals surface area contributed by atoms with Crippen molar-refractivity contribution in [2.24, 2.45) is 40.4 Å². The van der Waals surface area contributed by atoms with Crippen LogP contribution in [0.25, 0.3) is 0 Å². The van der Waals surface area contributed by atoms with E-state index in [1.54, 1.807) is 0 Å². The summed E-state index contributed by atoms with van der Waals surface area (Å²) < 4.78 is 6.27. The molecule has 188 valence electrons. The molecule has 0 spiro atoms. The van der Waals surface area contributed by atoms with E-state index in [1.165, 1.54) is 24.8 Å². The lowest BCUT2D eigenvalue weighted by Gasteiger charge is -2.57. The fraction of sp³-hybridized carbons (Fsp3) is 0.742. The van der Waals surface area contributed by atoms with Gasteiger partial charge < -0.3 is 4.74 Å². The Kier molecular flexibility index (Phi) is 7.32. The summed E-state index contributed by atoms with van der Waals surface area (Å²) in [4.78, 5) is 25.2. The zero-order valence-corrected chi connectivity index (χ0v) is 22.4. The fourth-order valence-electron chi connectivity index (χ4n) is 7.86. The first kappa shape index (κ1) is 25.5. The molecular formula is C31H46O3. The van der Waals surface area contributed by atoms with Crippen molar-refractivity contribution in [2.75, 3.05) is 0 Å². The lowest BCUT2D eigenvalue weighted by molar-refractivity contribution is -0.155. The molecule has 0 N–H and O–H groups in total.